The SMILES string of the molecule is CC.CN1C(=O)C2CCOCC2(c2ccc(F)cc2F)NC1=BC#N.COC=O. The quantitative estimate of drug-likeness (QED) is 0.588. The molecule has 29 heavy (non-hydrogen) atoms. The van der Waals surface area contributed by atoms with Gasteiger partial charge >= 0.3 is 132 Å². The van der Waals surface area contributed by atoms with Crippen LogP contribution >= 0.6 is 0 Å². The molecule has 10 heteroatoms. The van der Waals surface area contributed by atoms with Crippen LogP contribution < -0.4 is 5.32 Å². The number of benzene rings is 1. The Hall–Kier alpha value is -2.80. The summed E-state index contributed by atoms with van der Waals surface area (Å²) in [6.45, 7) is 6.00. The molecule has 156 valence electrons. The molecule has 2 aliphatic rings. The standard InChI is InChI=1S/C15H14BF2N3O2.C2H4O2.C2H6/c1-21-13(22)11-4-5-23-7-15(11,20-14(21)16-8-19)10-3-2-9(17)6-12(10)18;1-4-2-3;1-2/h2-3,6,11,20H,4-5,7H2,1H3;2H,1H3;1-2H3. The molecule has 2 heterocycles. The fourth-order valence-corrected chi connectivity index (χ4v) is 3.28. The molecule has 2 aliphatic heterocycles. The molecule has 1 N–H and O–H groups in total. The van der Waals surface area contributed by atoms with Crippen molar-refractivity contribution in [2.75, 3.05) is 27.4 Å². The predicted octanol–water partition coefficient (Wildman–Crippen LogP) is 1.35. The van der Waals surface area contributed by atoms with Gasteiger partial charge in [0.05, 0.1) is 7.11 Å². The Bertz CT molecular complexity index is 800. The van der Waals surface area contributed by atoms with Crippen molar-refractivity contribution in [1.29, 1.82) is 5.26 Å². The van der Waals surface area contributed by atoms with Crippen molar-refractivity contribution < 1.29 is 27.8 Å². The van der Waals surface area contributed by atoms with E-state index in [4.69, 9.17) is 14.8 Å². The smallest absolute Gasteiger partial charge is 0.292 e. The molecule has 2 unspecified atom stereocenters. The Kier molecular flexibility index (Phi) is 9.42. The van der Waals surface area contributed by atoms with Gasteiger partial charge in [0.2, 0.25) is 0 Å². The van der Waals surface area contributed by atoms with Gasteiger partial charge in [0.1, 0.15) is 0 Å². The number of nitrogens with zero attached hydrogens (tertiary/aromatic N) is 2. The van der Waals surface area contributed by atoms with Gasteiger partial charge in [-0.3, -0.25) is 4.79 Å². The number of nitrogens with one attached hydrogen (secondary N) is 1. The minimum Gasteiger partial charge on any atom is -0.471 e. The summed E-state index contributed by atoms with van der Waals surface area (Å²) in [5.41, 5.74) is -0.723. The number of carbonyl (C=O) groups excluding carboxylic acids is 2. The van der Waals surface area contributed by atoms with Crippen LogP contribution in [0.5, 0.6) is 0 Å². The molecular weight excluding hydrogens is 383 g/mol. The monoisotopic (exact) mass is 407 g/mol. The molecule has 2 saturated heterocycles. The predicted molar refractivity (Wildman–Crippen MR) is 104 cm³/mol. The van der Waals surface area contributed by atoms with Crippen LogP contribution in [0.1, 0.15) is 25.8 Å². The Labute approximate surface area is 169 Å². The molecule has 3 rings (SSSR count). The van der Waals surface area contributed by atoms with Crippen molar-refractivity contribution in [2.45, 2.75) is 25.8 Å². The molecule has 0 aliphatic carbocycles. The number of ether oxygens (including phenoxy) is 2. The van der Waals surface area contributed by atoms with Gasteiger partial charge in [-0.2, -0.15) is 0 Å². The van der Waals surface area contributed by atoms with Crippen LogP contribution in [0.25, 0.3) is 0 Å². The maximum atomic E-state index is 14.4. The summed E-state index contributed by atoms with van der Waals surface area (Å²) in [5, 5.41) is 12.0. The van der Waals surface area contributed by atoms with E-state index in [1.54, 1.807) is 7.05 Å². The van der Waals surface area contributed by atoms with Gasteiger partial charge in [0.25, 0.3) is 6.47 Å². The van der Waals surface area contributed by atoms with Crippen LogP contribution in [0, 0.1) is 28.8 Å². The number of hydrogen-bond acceptors (Lipinski definition) is 6. The van der Waals surface area contributed by atoms with E-state index in [1.165, 1.54) is 25.0 Å². The number of hydrogen-bond donors (Lipinski definition) is 1. The maximum Gasteiger partial charge on any atom is 0.292 e. The molecule has 1 amide bonds. The molecule has 2 atom stereocenters. The minimum absolute atomic E-state index is 0.0581. The second kappa shape index (κ2) is 11.3. The largest absolute Gasteiger partial charge is 0.471 e. The zero-order chi connectivity index (χ0) is 22.0. The Balaban J connectivity index is 0.000000627. The van der Waals surface area contributed by atoms with E-state index >= 15 is 0 Å². The van der Waals surface area contributed by atoms with Crippen molar-refractivity contribution in [3.8, 4) is 5.97 Å². The van der Waals surface area contributed by atoms with E-state index in [-0.39, 0.29) is 23.8 Å². The number of nitriles is 1. The summed E-state index contributed by atoms with van der Waals surface area (Å²) in [6, 6.07) is 3.26. The molecule has 0 saturated carbocycles. The first kappa shape index (κ1) is 24.2. The van der Waals surface area contributed by atoms with E-state index in [0.717, 1.165) is 12.1 Å². The van der Waals surface area contributed by atoms with Crippen LogP contribution in [-0.2, 0) is 24.6 Å². The number of methoxy groups -OCH3 is 1. The molecule has 1 aromatic carbocycles. The third-order valence-electron chi connectivity index (χ3n) is 4.53. The summed E-state index contributed by atoms with van der Waals surface area (Å²) in [7, 11) is 2.87. The van der Waals surface area contributed by atoms with E-state index in [0.29, 0.717) is 19.5 Å². The average Bonchev–Trinajstić information content (AvgIpc) is 2.73. The molecule has 1 aromatic rings. The van der Waals surface area contributed by atoms with Crippen LogP contribution in [0.2, 0.25) is 0 Å². The van der Waals surface area contributed by atoms with Crippen molar-refractivity contribution in [1.82, 2.24) is 10.2 Å². The fraction of sp³-hybridized carbons (Fsp3) is 0.474. The summed E-state index contributed by atoms with van der Waals surface area (Å²) in [6.07, 6.45) is 0.410. The maximum absolute atomic E-state index is 14.4. The van der Waals surface area contributed by atoms with E-state index in [1.807, 2.05) is 19.8 Å². The molecule has 2 fully saturated rings. The van der Waals surface area contributed by atoms with Crippen LogP contribution in [0.4, 0.5) is 8.78 Å². The molecule has 7 nitrogen and oxygen atoms in total. The summed E-state index contributed by atoms with van der Waals surface area (Å²) >= 11 is 0. The van der Waals surface area contributed by atoms with Gasteiger partial charge in [-0.15, -0.1) is 0 Å². The molecule has 0 bridgehead atoms. The normalized spacial score (nSPS) is 23.6. The fourth-order valence-electron chi connectivity index (χ4n) is 3.28. The van der Waals surface area contributed by atoms with Gasteiger partial charge in [-0.1, -0.05) is 13.8 Å². The molecule has 0 spiro atoms. The van der Waals surface area contributed by atoms with Gasteiger partial charge < -0.3 is 4.74 Å². The number of halogens is 2. The van der Waals surface area contributed by atoms with Gasteiger partial charge in [-0.25, -0.2) is 0 Å². The first-order chi connectivity index (χ1) is 13.9. The van der Waals surface area contributed by atoms with Crippen LogP contribution in [0.15, 0.2) is 18.2 Å². The van der Waals surface area contributed by atoms with Gasteiger partial charge in [0, 0.05) is 0 Å². The first-order valence-electron chi connectivity index (χ1n) is 9.06. The third-order valence-corrected chi connectivity index (χ3v) is 4.53. The van der Waals surface area contributed by atoms with E-state index < -0.39 is 23.1 Å². The topological polar surface area (TPSA) is 91.7 Å². The summed E-state index contributed by atoms with van der Waals surface area (Å²) < 4.78 is 37.0. The molecule has 0 aromatic heterocycles. The summed E-state index contributed by atoms with van der Waals surface area (Å²) in [4.78, 5) is 23.0. The van der Waals surface area contributed by atoms with Crippen LogP contribution in [-0.4, -0.2) is 57.3 Å². The average molecular weight is 407 g/mol. The Morgan fingerprint density at radius 1 is 1.45 bits per heavy atom. The summed E-state index contributed by atoms with van der Waals surface area (Å²) in [5.74, 6) is -0.360. The van der Waals surface area contributed by atoms with Gasteiger partial charge in [0.15, 0.2) is 0 Å². The Morgan fingerprint density at radius 3 is 2.66 bits per heavy atom. The molecule has 0 radical (unpaired) electrons. The van der Waals surface area contributed by atoms with Crippen molar-refractivity contribution >= 4 is 25.0 Å². The molecular formula is C19H24BF2N3O4. The third kappa shape index (κ3) is 5.18. The van der Waals surface area contributed by atoms with E-state index in [2.05, 4.69) is 10.1 Å². The van der Waals surface area contributed by atoms with Crippen molar-refractivity contribution in [3.05, 3.63) is 35.4 Å². The number of rotatable bonds is 2. The van der Waals surface area contributed by atoms with Crippen molar-refractivity contribution in [2.24, 2.45) is 5.92 Å². The van der Waals surface area contributed by atoms with Crippen LogP contribution in [0.3, 0.4) is 0 Å². The second-order valence-electron chi connectivity index (χ2n) is 6.00. The second-order valence-corrected chi connectivity index (χ2v) is 6.00. The zero-order valence-electron chi connectivity index (χ0n) is 16.9. The first-order valence-corrected chi connectivity index (χ1v) is 9.06. The van der Waals surface area contributed by atoms with Gasteiger partial charge in [-0.05, 0) is 0 Å². The minimum atomic E-state index is -1.15. The number of fused-ring (bicyclic) bond motifs is 1. The number of amides is 1. The van der Waals surface area contributed by atoms with E-state index in [9.17, 15) is 13.6 Å². The zero-order valence-corrected chi connectivity index (χ0v) is 16.9. The van der Waals surface area contributed by atoms with Crippen molar-refractivity contribution in [3.63, 3.8) is 0 Å². The number of carbonyl (C=O) groups is 2. The Morgan fingerprint density at radius 2 is 2.10 bits per heavy atom.